The predicted molar refractivity (Wildman–Crippen MR) is 61.9 cm³/mol. The van der Waals surface area contributed by atoms with E-state index < -0.39 is 37.1 Å². The molecule has 0 aliphatic rings. The fourth-order valence-corrected chi connectivity index (χ4v) is 2.89. The van der Waals surface area contributed by atoms with Crippen molar-refractivity contribution in [1.29, 1.82) is 0 Å². The molecule has 0 bridgehead atoms. The number of nitrogens with zero attached hydrogens (tertiary/aromatic N) is 1. The van der Waals surface area contributed by atoms with Gasteiger partial charge in [0.2, 0.25) is 0 Å². The second-order valence-electron chi connectivity index (χ2n) is 3.22. The minimum atomic E-state index is -4.27. The normalized spacial score (nSPS) is 11.2. The van der Waals surface area contributed by atoms with E-state index in [1.165, 1.54) is 17.8 Å². The first-order valence-electron chi connectivity index (χ1n) is 4.53. The Morgan fingerprint density at radius 3 is 2.50 bits per heavy atom. The highest BCUT2D eigenvalue weighted by atomic mass is 32.2. The number of thioether (sulfide) groups is 1. The summed E-state index contributed by atoms with van der Waals surface area (Å²) >= 11 is 1.21. The van der Waals surface area contributed by atoms with Crippen LogP contribution in [-0.4, -0.2) is 31.3 Å². The van der Waals surface area contributed by atoms with Gasteiger partial charge in [0.1, 0.15) is 4.90 Å². The van der Waals surface area contributed by atoms with Gasteiger partial charge in [-0.15, -0.1) is 11.8 Å². The van der Waals surface area contributed by atoms with Crippen LogP contribution in [0.1, 0.15) is 0 Å². The van der Waals surface area contributed by atoms with E-state index in [0.717, 1.165) is 12.1 Å². The molecule has 1 aromatic carbocycles. The summed E-state index contributed by atoms with van der Waals surface area (Å²) < 4.78 is 23.3. The molecule has 0 saturated carbocycles. The molecule has 0 atom stereocenters. The summed E-state index contributed by atoms with van der Waals surface area (Å²) in [4.78, 5) is 20.2. The molecule has 9 heteroatoms. The molecule has 0 saturated heterocycles. The molecule has 0 aliphatic heterocycles. The van der Waals surface area contributed by atoms with Crippen LogP contribution in [0.15, 0.2) is 28.0 Å². The summed E-state index contributed by atoms with van der Waals surface area (Å²) in [5.74, 6) is -3.09. The molecule has 18 heavy (non-hydrogen) atoms. The lowest BCUT2D eigenvalue weighted by Gasteiger charge is -2.06. The third kappa shape index (κ3) is 3.20. The lowest BCUT2D eigenvalue weighted by molar-refractivity contribution is -0.388. The highest BCUT2D eigenvalue weighted by Gasteiger charge is 2.26. The molecular formula is C9H8NO6S2-. The van der Waals surface area contributed by atoms with Crippen molar-refractivity contribution in [3.63, 3.8) is 0 Å². The largest absolute Gasteiger partial charge is 0.549 e. The number of nitro benzene ring substituents is 1. The van der Waals surface area contributed by atoms with Gasteiger partial charge in [0, 0.05) is 11.0 Å². The van der Waals surface area contributed by atoms with E-state index in [2.05, 4.69) is 0 Å². The Morgan fingerprint density at radius 1 is 1.44 bits per heavy atom. The van der Waals surface area contributed by atoms with Gasteiger partial charge in [-0.2, -0.15) is 0 Å². The molecule has 0 N–H and O–H groups in total. The second-order valence-corrected chi connectivity index (χ2v) is 6.06. The topological polar surface area (TPSA) is 117 Å². The molecule has 1 rings (SSSR count). The van der Waals surface area contributed by atoms with Crippen molar-refractivity contribution in [3.8, 4) is 0 Å². The second kappa shape index (κ2) is 5.36. The third-order valence-corrected chi connectivity index (χ3v) is 4.36. The highest BCUT2D eigenvalue weighted by molar-refractivity contribution is 7.98. The molecule has 0 spiro atoms. The molecule has 98 valence electrons. The standard InChI is InChI=1S/C9H9NO6S2/c1-17-6-2-3-8(7(4-6)10(13)14)18(15,16)5-9(11)12/h2-4H,5H2,1H3,(H,11,12)/p-1. The van der Waals surface area contributed by atoms with Crippen molar-refractivity contribution in [2.24, 2.45) is 0 Å². The first-order valence-corrected chi connectivity index (χ1v) is 7.40. The van der Waals surface area contributed by atoms with Gasteiger partial charge in [-0.1, -0.05) is 0 Å². The maximum absolute atomic E-state index is 11.6. The maximum atomic E-state index is 11.6. The summed E-state index contributed by atoms with van der Waals surface area (Å²) in [5.41, 5.74) is -0.636. The number of benzene rings is 1. The Hall–Kier alpha value is -1.61. The number of sulfone groups is 1. The number of aliphatic carboxylic acids is 1. The summed E-state index contributed by atoms with van der Waals surface area (Å²) in [6.07, 6.45) is 1.68. The van der Waals surface area contributed by atoms with Crippen LogP contribution in [0.25, 0.3) is 0 Å². The van der Waals surface area contributed by atoms with E-state index in [-0.39, 0.29) is 0 Å². The Balaban J connectivity index is 3.41. The van der Waals surface area contributed by atoms with Gasteiger partial charge >= 0.3 is 0 Å². The van der Waals surface area contributed by atoms with Crippen LogP contribution in [0.5, 0.6) is 0 Å². The molecule has 0 unspecified atom stereocenters. The Labute approximate surface area is 107 Å². The van der Waals surface area contributed by atoms with Crippen LogP contribution in [0.4, 0.5) is 5.69 Å². The molecule has 0 aromatic heterocycles. The first kappa shape index (κ1) is 14.5. The van der Waals surface area contributed by atoms with Crippen molar-refractivity contribution < 1.29 is 23.2 Å². The van der Waals surface area contributed by atoms with E-state index in [4.69, 9.17) is 0 Å². The van der Waals surface area contributed by atoms with Crippen molar-refractivity contribution in [1.82, 2.24) is 0 Å². The third-order valence-electron chi connectivity index (χ3n) is 2.01. The van der Waals surface area contributed by atoms with E-state index in [1.807, 2.05) is 0 Å². The zero-order chi connectivity index (χ0) is 13.9. The summed E-state index contributed by atoms with van der Waals surface area (Å²) in [6.45, 7) is 0. The SMILES string of the molecule is CSc1ccc(S(=O)(=O)CC(=O)[O-])c([N+](=O)[O-])c1. The van der Waals surface area contributed by atoms with Crippen LogP contribution in [0.3, 0.4) is 0 Å². The van der Waals surface area contributed by atoms with Gasteiger partial charge < -0.3 is 9.90 Å². The number of hydrogen-bond donors (Lipinski definition) is 0. The Morgan fingerprint density at radius 2 is 2.06 bits per heavy atom. The van der Waals surface area contributed by atoms with Gasteiger partial charge in [0.15, 0.2) is 9.84 Å². The average molecular weight is 290 g/mol. The zero-order valence-electron chi connectivity index (χ0n) is 9.15. The van der Waals surface area contributed by atoms with Crippen molar-refractivity contribution in [3.05, 3.63) is 28.3 Å². The van der Waals surface area contributed by atoms with Gasteiger partial charge in [-0.25, -0.2) is 8.42 Å². The fraction of sp³-hybridized carbons (Fsp3) is 0.222. The molecule has 0 fully saturated rings. The van der Waals surface area contributed by atoms with Gasteiger partial charge in [0.05, 0.1) is 16.6 Å². The fourth-order valence-electron chi connectivity index (χ4n) is 1.26. The molecular weight excluding hydrogens is 282 g/mol. The number of hydrogen-bond acceptors (Lipinski definition) is 7. The zero-order valence-corrected chi connectivity index (χ0v) is 10.8. The Bertz CT molecular complexity index is 595. The summed E-state index contributed by atoms with van der Waals surface area (Å²) in [6, 6.07) is 3.49. The average Bonchev–Trinajstić information content (AvgIpc) is 2.26. The quantitative estimate of drug-likeness (QED) is 0.420. The van der Waals surface area contributed by atoms with Crippen LogP contribution >= 0.6 is 11.8 Å². The predicted octanol–water partition coefficient (Wildman–Crippen LogP) is -0.160. The van der Waals surface area contributed by atoms with Crippen LogP contribution < -0.4 is 5.11 Å². The number of carbonyl (C=O) groups is 1. The lowest BCUT2D eigenvalue weighted by Crippen LogP contribution is -2.30. The number of carboxylic acid groups (broad SMARTS) is 1. The van der Waals surface area contributed by atoms with Crippen LogP contribution in [0, 0.1) is 10.1 Å². The monoisotopic (exact) mass is 290 g/mol. The minimum absolute atomic E-state index is 0.508. The van der Waals surface area contributed by atoms with Gasteiger partial charge in [-0.3, -0.25) is 10.1 Å². The minimum Gasteiger partial charge on any atom is -0.549 e. The molecule has 7 nitrogen and oxygen atoms in total. The molecule has 1 aromatic rings. The number of carbonyl (C=O) groups excluding carboxylic acids is 1. The van der Waals surface area contributed by atoms with Gasteiger partial charge in [0.25, 0.3) is 5.69 Å². The molecule has 0 radical (unpaired) electrons. The van der Waals surface area contributed by atoms with E-state index >= 15 is 0 Å². The smallest absolute Gasteiger partial charge is 0.289 e. The van der Waals surface area contributed by atoms with E-state index in [0.29, 0.717) is 4.90 Å². The molecule has 0 heterocycles. The number of rotatable bonds is 5. The number of carboxylic acids is 1. The lowest BCUT2D eigenvalue weighted by atomic mass is 10.3. The van der Waals surface area contributed by atoms with Gasteiger partial charge in [-0.05, 0) is 18.4 Å². The van der Waals surface area contributed by atoms with Crippen LogP contribution in [-0.2, 0) is 14.6 Å². The van der Waals surface area contributed by atoms with E-state index in [9.17, 15) is 28.4 Å². The highest BCUT2D eigenvalue weighted by Crippen LogP contribution is 2.29. The molecule has 0 amide bonds. The molecule has 0 aliphatic carbocycles. The van der Waals surface area contributed by atoms with Crippen LogP contribution in [0.2, 0.25) is 0 Å². The number of nitro groups is 1. The first-order chi connectivity index (χ1) is 8.27. The summed E-state index contributed by atoms with van der Waals surface area (Å²) in [5, 5.41) is 21.1. The Kier molecular flexibility index (Phi) is 4.30. The van der Waals surface area contributed by atoms with Crippen molar-refractivity contribution in [2.45, 2.75) is 9.79 Å². The maximum Gasteiger partial charge on any atom is 0.289 e. The van der Waals surface area contributed by atoms with Crippen molar-refractivity contribution >= 4 is 33.3 Å². The van der Waals surface area contributed by atoms with Crippen molar-refractivity contribution in [2.75, 3.05) is 12.0 Å². The summed E-state index contributed by atoms with van der Waals surface area (Å²) in [7, 11) is -4.27. The van der Waals surface area contributed by atoms with E-state index in [1.54, 1.807) is 6.26 Å².